The van der Waals surface area contributed by atoms with Crippen LogP contribution in [0, 0.1) is 5.92 Å². The van der Waals surface area contributed by atoms with Crippen LogP contribution in [0.3, 0.4) is 0 Å². The number of nitrogens with zero attached hydrogens (tertiary/aromatic N) is 1. The maximum atomic E-state index is 12.0. The number of hydrogen-bond acceptors (Lipinski definition) is 3. The maximum absolute atomic E-state index is 12.0. The van der Waals surface area contributed by atoms with Crippen LogP contribution in [-0.4, -0.2) is 32.1 Å². The second-order valence-corrected chi connectivity index (χ2v) is 5.65. The van der Waals surface area contributed by atoms with Crippen molar-refractivity contribution in [3.63, 3.8) is 0 Å². The van der Waals surface area contributed by atoms with E-state index in [1.165, 1.54) is 0 Å². The molecule has 1 N–H and O–H groups in total. The van der Waals surface area contributed by atoms with Crippen molar-refractivity contribution in [2.45, 2.75) is 25.7 Å². The summed E-state index contributed by atoms with van der Waals surface area (Å²) >= 11 is 0. The molecule has 0 bridgehead atoms. The van der Waals surface area contributed by atoms with E-state index < -0.39 is 0 Å². The van der Waals surface area contributed by atoms with Crippen molar-refractivity contribution in [1.29, 1.82) is 0 Å². The summed E-state index contributed by atoms with van der Waals surface area (Å²) in [6.45, 7) is 1.08. The van der Waals surface area contributed by atoms with Crippen LogP contribution in [0.5, 0.6) is 0 Å². The highest BCUT2D eigenvalue weighted by molar-refractivity contribution is 5.98. The molecule has 0 saturated heterocycles. The van der Waals surface area contributed by atoms with Gasteiger partial charge in [0.2, 0.25) is 11.8 Å². The van der Waals surface area contributed by atoms with E-state index in [1.54, 1.807) is 12.0 Å². The van der Waals surface area contributed by atoms with Gasteiger partial charge in [0.15, 0.2) is 0 Å². The Hall–Kier alpha value is -1.88. The van der Waals surface area contributed by atoms with E-state index in [1.807, 2.05) is 18.2 Å². The molecule has 21 heavy (non-hydrogen) atoms. The number of nitrogens with one attached hydrogen (secondary N) is 1. The molecule has 5 heteroatoms. The number of aryl methyl sites for hydroxylation is 1. The SMILES string of the molecule is COCCN1C(=O)CCc2cc(NC(=O)C3CC3)ccc21. The van der Waals surface area contributed by atoms with E-state index in [0.717, 1.165) is 36.2 Å². The number of carbonyl (C=O) groups excluding carboxylic acids is 2. The molecule has 1 aromatic rings. The summed E-state index contributed by atoms with van der Waals surface area (Å²) in [5.74, 6) is 0.438. The third-order valence-electron chi connectivity index (χ3n) is 4.01. The summed E-state index contributed by atoms with van der Waals surface area (Å²) in [6, 6.07) is 5.78. The third-order valence-corrected chi connectivity index (χ3v) is 4.01. The minimum absolute atomic E-state index is 0.109. The molecule has 1 aliphatic heterocycles. The first-order valence-corrected chi connectivity index (χ1v) is 7.42. The molecule has 1 aliphatic carbocycles. The summed E-state index contributed by atoms with van der Waals surface area (Å²) in [4.78, 5) is 25.6. The normalized spacial score (nSPS) is 17.6. The predicted molar refractivity (Wildman–Crippen MR) is 80.3 cm³/mol. The van der Waals surface area contributed by atoms with Crippen molar-refractivity contribution in [2.75, 3.05) is 30.5 Å². The van der Waals surface area contributed by atoms with Gasteiger partial charge in [0.25, 0.3) is 0 Å². The van der Waals surface area contributed by atoms with Crippen LogP contribution in [-0.2, 0) is 20.7 Å². The average Bonchev–Trinajstić information content (AvgIpc) is 3.31. The van der Waals surface area contributed by atoms with Crippen molar-refractivity contribution in [2.24, 2.45) is 5.92 Å². The predicted octanol–water partition coefficient (Wildman–Crippen LogP) is 1.96. The van der Waals surface area contributed by atoms with Crippen LogP contribution in [0.25, 0.3) is 0 Å². The number of anilines is 2. The first-order valence-electron chi connectivity index (χ1n) is 7.42. The lowest BCUT2D eigenvalue weighted by Gasteiger charge is -2.29. The largest absolute Gasteiger partial charge is 0.383 e. The topological polar surface area (TPSA) is 58.6 Å². The zero-order valence-corrected chi connectivity index (χ0v) is 12.2. The number of ether oxygens (including phenoxy) is 1. The van der Waals surface area contributed by atoms with Gasteiger partial charge in [-0.2, -0.15) is 0 Å². The lowest BCUT2D eigenvalue weighted by Crippen LogP contribution is -2.37. The van der Waals surface area contributed by atoms with E-state index >= 15 is 0 Å². The van der Waals surface area contributed by atoms with E-state index in [-0.39, 0.29) is 17.7 Å². The van der Waals surface area contributed by atoms with Gasteiger partial charge in [-0.25, -0.2) is 0 Å². The van der Waals surface area contributed by atoms with Gasteiger partial charge >= 0.3 is 0 Å². The molecule has 1 aromatic carbocycles. The molecular formula is C16H20N2O3. The lowest BCUT2D eigenvalue weighted by atomic mass is 10.0. The van der Waals surface area contributed by atoms with Crippen molar-refractivity contribution in [3.8, 4) is 0 Å². The Morgan fingerprint density at radius 2 is 2.19 bits per heavy atom. The minimum Gasteiger partial charge on any atom is -0.383 e. The lowest BCUT2D eigenvalue weighted by molar-refractivity contribution is -0.119. The smallest absolute Gasteiger partial charge is 0.227 e. The Labute approximate surface area is 124 Å². The van der Waals surface area contributed by atoms with E-state index in [9.17, 15) is 9.59 Å². The Morgan fingerprint density at radius 3 is 2.90 bits per heavy atom. The molecule has 0 unspecified atom stereocenters. The summed E-state index contributed by atoms with van der Waals surface area (Å²) in [6.07, 6.45) is 3.23. The summed E-state index contributed by atoms with van der Waals surface area (Å²) in [5, 5.41) is 2.96. The number of fused-ring (bicyclic) bond motifs is 1. The van der Waals surface area contributed by atoms with Crippen LogP contribution < -0.4 is 10.2 Å². The average molecular weight is 288 g/mol. The van der Waals surface area contributed by atoms with Gasteiger partial charge in [-0.15, -0.1) is 0 Å². The first-order chi connectivity index (χ1) is 10.2. The molecule has 112 valence electrons. The molecular weight excluding hydrogens is 268 g/mol. The molecule has 1 fully saturated rings. The highest BCUT2D eigenvalue weighted by Crippen LogP contribution is 2.33. The van der Waals surface area contributed by atoms with Gasteiger partial charge in [0.1, 0.15) is 0 Å². The van der Waals surface area contributed by atoms with Gasteiger partial charge in [0, 0.05) is 37.4 Å². The van der Waals surface area contributed by atoms with Crippen LogP contribution in [0.2, 0.25) is 0 Å². The standard InChI is InChI=1S/C16H20N2O3/c1-21-9-8-18-14-6-5-13(17-16(20)11-2-3-11)10-12(14)4-7-15(18)19/h5-6,10-11H,2-4,7-9H2,1H3,(H,17,20). The number of methoxy groups -OCH3 is 1. The number of carbonyl (C=O) groups is 2. The number of rotatable bonds is 5. The fourth-order valence-electron chi connectivity index (χ4n) is 2.66. The van der Waals surface area contributed by atoms with Gasteiger partial charge < -0.3 is 15.0 Å². The highest BCUT2D eigenvalue weighted by atomic mass is 16.5. The van der Waals surface area contributed by atoms with Gasteiger partial charge in [-0.3, -0.25) is 9.59 Å². The molecule has 0 spiro atoms. The zero-order chi connectivity index (χ0) is 14.8. The van der Waals surface area contributed by atoms with Crippen molar-refractivity contribution < 1.29 is 14.3 Å². The monoisotopic (exact) mass is 288 g/mol. The zero-order valence-electron chi connectivity index (χ0n) is 12.2. The van der Waals surface area contributed by atoms with E-state index in [2.05, 4.69) is 5.32 Å². The maximum Gasteiger partial charge on any atom is 0.227 e. The van der Waals surface area contributed by atoms with Gasteiger partial charge in [0.05, 0.1) is 6.61 Å². The molecule has 2 aliphatic rings. The van der Waals surface area contributed by atoms with Crippen molar-refractivity contribution >= 4 is 23.2 Å². The fourth-order valence-corrected chi connectivity index (χ4v) is 2.66. The Morgan fingerprint density at radius 1 is 1.38 bits per heavy atom. The van der Waals surface area contributed by atoms with Crippen LogP contribution in [0.1, 0.15) is 24.8 Å². The quantitative estimate of drug-likeness (QED) is 0.901. The summed E-state index contributed by atoms with van der Waals surface area (Å²) < 4.78 is 5.07. The minimum atomic E-state index is 0.109. The Bertz CT molecular complexity index is 567. The molecule has 2 amide bonds. The summed E-state index contributed by atoms with van der Waals surface area (Å²) in [5.41, 5.74) is 2.87. The number of amides is 2. The van der Waals surface area contributed by atoms with Gasteiger partial charge in [-0.1, -0.05) is 0 Å². The summed E-state index contributed by atoms with van der Waals surface area (Å²) in [7, 11) is 1.63. The van der Waals surface area contributed by atoms with Crippen LogP contribution in [0.15, 0.2) is 18.2 Å². The molecule has 1 heterocycles. The molecule has 0 radical (unpaired) electrons. The molecule has 5 nitrogen and oxygen atoms in total. The van der Waals surface area contributed by atoms with E-state index in [0.29, 0.717) is 19.6 Å². The Balaban J connectivity index is 1.77. The number of hydrogen-bond donors (Lipinski definition) is 1. The Kier molecular flexibility index (Phi) is 3.92. The molecule has 0 atom stereocenters. The molecule has 1 saturated carbocycles. The fraction of sp³-hybridized carbons (Fsp3) is 0.500. The van der Waals surface area contributed by atoms with Crippen LogP contribution >= 0.6 is 0 Å². The first kappa shape index (κ1) is 14.1. The van der Waals surface area contributed by atoms with Crippen molar-refractivity contribution in [1.82, 2.24) is 0 Å². The number of benzene rings is 1. The highest BCUT2D eigenvalue weighted by Gasteiger charge is 2.30. The second kappa shape index (κ2) is 5.85. The van der Waals surface area contributed by atoms with Crippen molar-refractivity contribution in [3.05, 3.63) is 23.8 Å². The van der Waals surface area contributed by atoms with Gasteiger partial charge in [-0.05, 0) is 43.0 Å². The van der Waals surface area contributed by atoms with E-state index in [4.69, 9.17) is 4.74 Å². The second-order valence-electron chi connectivity index (χ2n) is 5.65. The third kappa shape index (κ3) is 3.08. The molecule has 0 aromatic heterocycles. The molecule has 3 rings (SSSR count). The van der Waals surface area contributed by atoms with Crippen LogP contribution in [0.4, 0.5) is 11.4 Å².